The average Bonchev–Trinajstić information content (AvgIpc) is 2.88. The molecule has 166 valence electrons. The second-order valence-corrected chi connectivity index (χ2v) is 9.44. The van der Waals surface area contributed by atoms with Gasteiger partial charge in [0.05, 0.1) is 6.61 Å². The van der Waals surface area contributed by atoms with Crippen molar-refractivity contribution in [3.8, 4) is 0 Å². The van der Waals surface area contributed by atoms with Crippen molar-refractivity contribution in [3.05, 3.63) is 108 Å². The van der Waals surface area contributed by atoms with Crippen LogP contribution >= 0.6 is 0 Å². The Morgan fingerprint density at radius 1 is 0.812 bits per heavy atom. The van der Waals surface area contributed by atoms with E-state index in [2.05, 4.69) is 53.4 Å². The second-order valence-electron chi connectivity index (χ2n) is 9.44. The Balaban J connectivity index is 1.36. The number of hydrogen-bond donors (Lipinski definition) is 1. The quantitative estimate of drug-likeness (QED) is 0.490. The summed E-state index contributed by atoms with van der Waals surface area (Å²) in [5.74, 6) is 0. The van der Waals surface area contributed by atoms with Crippen LogP contribution in [0.25, 0.3) is 0 Å². The van der Waals surface area contributed by atoms with Crippen LogP contribution in [0.5, 0.6) is 0 Å². The van der Waals surface area contributed by atoms with Crippen LogP contribution in [0, 0.1) is 5.41 Å². The summed E-state index contributed by atoms with van der Waals surface area (Å²) in [6.07, 6.45) is 4.06. The number of aliphatic hydroxyl groups is 1. The lowest BCUT2D eigenvalue weighted by atomic mass is 9.55. The number of nitrogens with zero attached hydrogens (tertiary/aromatic N) is 1. The molecule has 3 aromatic carbocycles. The SMILES string of the molecule is OC(c1ccccc1)(c1ccccc1)C12CCN(CC1)C(CCOCc1ccccc1)C2. The topological polar surface area (TPSA) is 32.7 Å². The molecule has 3 aromatic rings. The molecule has 6 rings (SSSR count). The van der Waals surface area contributed by atoms with Crippen molar-refractivity contribution in [1.29, 1.82) is 0 Å². The second kappa shape index (κ2) is 9.19. The van der Waals surface area contributed by atoms with Gasteiger partial charge in [-0.2, -0.15) is 0 Å². The van der Waals surface area contributed by atoms with Crippen molar-refractivity contribution in [2.24, 2.45) is 5.41 Å². The van der Waals surface area contributed by atoms with Crippen molar-refractivity contribution >= 4 is 0 Å². The van der Waals surface area contributed by atoms with Crippen LogP contribution in [-0.2, 0) is 16.9 Å². The highest BCUT2D eigenvalue weighted by molar-refractivity contribution is 5.40. The fraction of sp³-hybridized carbons (Fsp3) is 0.379. The Bertz CT molecular complexity index is 942. The summed E-state index contributed by atoms with van der Waals surface area (Å²) in [7, 11) is 0. The van der Waals surface area contributed by atoms with E-state index in [1.54, 1.807) is 0 Å². The van der Waals surface area contributed by atoms with Gasteiger partial charge < -0.3 is 14.7 Å². The van der Waals surface area contributed by atoms with Gasteiger partial charge in [-0.05, 0) is 55.5 Å². The molecule has 0 spiro atoms. The van der Waals surface area contributed by atoms with Crippen LogP contribution in [0.1, 0.15) is 42.4 Å². The van der Waals surface area contributed by atoms with Gasteiger partial charge in [0.15, 0.2) is 0 Å². The molecule has 3 heterocycles. The minimum Gasteiger partial charge on any atom is -0.380 e. The van der Waals surface area contributed by atoms with Gasteiger partial charge in [-0.25, -0.2) is 0 Å². The first-order chi connectivity index (χ1) is 15.7. The maximum absolute atomic E-state index is 12.5. The minimum absolute atomic E-state index is 0.158. The van der Waals surface area contributed by atoms with Crippen LogP contribution in [0.4, 0.5) is 0 Å². The standard InChI is InChI=1S/C29H33NO2/c31-29(25-12-6-2-7-13-25,26-14-8-3-9-15-26)28-17-19-30(20-18-28)27(22-28)16-21-32-23-24-10-4-1-5-11-24/h1-15,27,31H,16-23H2. The summed E-state index contributed by atoms with van der Waals surface area (Å²) < 4.78 is 6.03. The predicted octanol–water partition coefficient (Wildman–Crippen LogP) is 5.38. The molecular formula is C29H33NO2. The molecule has 0 aromatic heterocycles. The lowest BCUT2D eigenvalue weighted by molar-refractivity contribution is -0.146. The van der Waals surface area contributed by atoms with E-state index >= 15 is 0 Å². The number of piperidine rings is 3. The lowest BCUT2D eigenvalue weighted by Gasteiger charge is -2.59. The van der Waals surface area contributed by atoms with Gasteiger partial charge in [-0.3, -0.25) is 0 Å². The van der Waals surface area contributed by atoms with Gasteiger partial charge in [-0.1, -0.05) is 91.0 Å². The third-order valence-corrected chi connectivity index (χ3v) is 7.76. The molecule has 0 amide bonds. The van der Waals surface area contributed by atoms with Gasteiger partial charge in [0.2, 0.25) is 0 Å². The molecule has 1 atom stereocenters. The van der Waals surface area contributed by atoms with E-state index in [9.17, 15) is 5.11 Å². The van der Waals surface area contributed by atoms with E-state index in [1.165, 1.54) is 5.56 Å². The molecule has 3 aliphatic heterocycles. The molecule has 32 heavy (non-hydrogen) atoms. The molecule has 1 unspecified atom stereocenters. The first-order valence-corrected chi connectivity index (χ1v) is 11.9. The zero-order valence-corrected chi connectivity index (χ0v) is 18.7. The number of hydrogen-bond acceptors (Lipinski definition) is 3. The highest BCUT2D eigenvalue weighted by Gasteiger charge is 2.57. The van der Waals surface area contributed by atoms with Gasteiger partial charge in [0.25, 0.3) is 0 Å². The smallest absolute Gasteiger partial charge is 0.120 e. The zero-order chi connectivity index (χ0) is 21.9. The van der Waals surface area contributed by atoms with Gasteiger partial charge in [0, 0.05) is 18.1 Å². The van der Waals surface area contributed by atoms with Crippen molar-refractivity contribution < 1.29 is 9.84 Å². The van der Waals surface area contributed by atoms with E-state index in [4.69, 9.17) is 4.74 Å². The molecule has 3 aliphatic rings. The van der Waals surface area contributed by atoms with Crippen LogP contribution < -0.4 is 0 Å². The molecule has 0 saturated carbocycles. The van der Waals surface area contributed by atoms with Crippen LogP contribution in [-0.4, -0.2) is 35.7 Å². The van der Waals surface area contributed by atoms with Gasteiger partial charge in [-0.15, -0.1) is 0 Å². The molecule has 2 bridgehead atoms. The third kappa shape index (κ3) is 3.90. The van der Waals surface area contributed by atoms with Gasteiger partial charge >= 0.3 is 0 Å². The first-order valence-electron chi connectivity index (χ1n) is 11.9. The monoisotopic (exact) mass is 427 g/mol. The van der Waals surface area contributed by atoms with Crippen LogP contribution in [0.3, 0.4) is 0 Å². The first kappa shape index (κ1) is 21.4. The largest absolute Gasteiger partial charge is 0.380 e. The summed E-state index contributed by atoms with van der Waals surface area (Å²) >= 11 is 0. The Morgan fingerprint density at radius 3 is 1.91 bits per heavy atom. The normalized spacial score (nSPS) is 25.0. The van der Waals surface area contributed by atoms with E-state index in [0.717, 1.165) is 56.5 Å². The average molecular weight is 428 g/mol. The number of rotatable bonds is 8. The van der Waals surface area contributed by atoms with Crippen molar-refractivity contribution in [2.45, 2.75) is 43.9 Å². The summed E-state index contributed by atoms with van der Waals surface area (Å²) in [4.78, 5) is 2.62. The van der Waals surface area contributed by atoms with E-state index in [1.807, 2.05) is 42.5 Å². The van der Waals surface area contributed by atoms with Gasteiger partial charge in [0.1, 0.15) is 5.60 Å². The highest BCUT2D eigenvalue weighted by Crippen LogP contribution is 2.57. The molecule has 0 radical (unpaired) electrons. The lowest BCUT2D eigenvalue weighted by Crippen LogP contribution is -2.62. The Kier molecular flexibility index (Phi) is 6.14. The summed E-state index contributed by atoms with van der Waals surface area (Å²) in [5.41, 5.74) is 2.11. The highest BCUT2D eigenvalue weighted by atomic mass is 16.5. The van der Waals surface area contributed by atoms with Crippen molar-refractivity contribution in [3.63, 3.8) is 0 Å². The number of fused-ring (bicyclic) bond motifs is 3. The van der Waals surface area contributed by atoms with Crippen molar-refractivity contribution in [1.82, 2.24) is 4.90 Å². The molecule has 0 aliphatic carbocycles. The molecule has 3 saturated heterocycles. The third-order valence-electron chi connectivity index (χ3n) is 7.76. The Hall–Kier alpha value is -2.46. The maximum Gasteiger partial charge on any atom is 0.120 e. The minimum atomic E-state index is -0.981. The Labute approximate surface area is 191 Å². The Morgan fingerprint density at radius 2 is 1.34 bits per heavy atom. The molecule has 3 nitrogen and oxygen atoms in total. The van der Waals surface area contributed by atoms with E-state index in [-0.39, 0.29) is 5.41 Å². The van der Waals surface area contributed by atoms with Crippen molar-refractivity contribution in [2.75, 3.05) is 19.7 Å². The molecule has 1 N–H and O–H groups in total. The van der Waals surface area contributed by atoms with Crippen LogP contribution in [0.2, 0.25) is 0 Å². The molecular weight excluding hydrogens is 394 g/mol. The maximum atomic E-state index is 12.5. The van der Waals surface area contributed by atoms with E-state index in [0.29, 0.717) is 12.6 Å². The van der Waals surface area contributed by atoms with Crippen LogP contribution in [0.15, 0.2) is 91.0 Å². The fourth-order valence-electron chi connectivity index (χ4n) is 6.02. The summed E-state index contributed by atoms with van der Waals surface area (Å²) in [6.45, 7) is 3.51. The summed E-state index contributed by atoms with van der Waals surface area (Å²) in [5, 5.41) is 12.5. The fourth-order valence-corrected chi connectivity index (χ4v) is 6.02. The molecule has 3 fully saturated rings. The number of benzene rings is 3. The zero-order valence-electron chi connectivity index (χ0n) is 18.7. The summed E-state index contributed by atoms with van der Waals surface area (Å²) in [6, 6.07) is 31.5. The van der Waals surface area contributed by atoms with E-state index < -0.39 is 5.60 Å². The number of ether oxygens (including phenoxy) is 1. The molecule has 3 heteroatoms. The predicted molar refractivity (Wildman–Crippen MR) is 128 cm³/mol.